The number of aryl methyl sites for hydroxylation is 1. The lowest BCUT2D eigenvalue weighted by molar-refractivity contribution is 0.616. The Bertz CT molecular complexity index is 659. The molecule has 0 aliphatic carbocycles. The maximum atomic E-state index is 13.4. The van der Waals surface area contributed by atoms with Crippen molar-refractivity contribution in [3.05, 3.63) is 61.6 Å². The lowest BCUT2D eigenvalue weighted by atomic mass is 10.2. The number of aromatic nitrogens is 2. The summed E-state index contributed by atoms with van der Waals surface area (Å²) in [4.78, 5) is 25.4. The molecule has 4 nitrogen and oxygen atoms in total. The standard InChI is InChI=1S/C11H8ClFN2O2/c1-6-2-3-7(4-8(6)13)15-10(16)5-9(12)14-11(15)17/h2-5H,1H3,(H,14,17). The van der Waals surface area contributed by atoms with E-state index in [0.717, 1.165) is 16.7 Å². The Hall–Kier alpha value is -1.88. The summed E-state index contributed by atoms with van der Waals surface area (Å²) in [5, 5.41) is -0.0520. The van der Waals surface area contributed by atoms with Crippen LogP contribution in [0.5, 0.6) is 0 Å². The van der Waals surface area contributed by atoms with Crippen LogP contribution in [0.2, 0.25) is 5.15 Å². The quantitative estimate of drug-likeness (QED) is 0.787. The van der Waals surface area contributed by atoms with Crippen molar-refractivity contribution >= 4 is 11.6 Å². The monoisotopic (exact) mass is 254 g/mol. The highest BCUT2D eigenvalue weighted by molar-refractivity contribution is 6.29. The highest BCUT2D eigenvalue weighted by Crippen LogP contribution is 2.10. The number of nitrogens with zero attached hydrogens (tertiary/aromatic N) is 1. The lowest BCUT2D eigenvalue weighted by Crippen LogP contribution is -2.33. The van der Waals surface area contributed by atoms with Crippen molar-refractivity contribution in [1.29, 1.82) is 0 Å². The summed E-state index contributed by atoms with van der Waals surface area (Å²) < 4.78 is 14.2. The van der Waals surface area contributed by atoms with Gasteiger partial charge in [-0.25, -0.2) is 13.8 Å². The molecule has 17 heavy (non-hydrogen) atoms. The average molecular weight is 255 g/mol. The topological polar surface area (TPSA) is 54.9 Å². The number of hydrogen-bond donors (Lipinski definition) is 1. The van der Waals surface area contributed by atoms with E-state index in [1.807, 2.05) is 0 Å². The van der Waals surface area contributed by atoms with Gasteiger partial charge in [0.15, 0.2) is 0 Å². The van der Waals surface area contributed by atoms with Gasteiger partial charge in [0.25, 0.3) is 5.56 Å². The van der Waals surface area contributed by atoms with Crippen LogP contribution in [-0.4, -0.2) is 9.55 Å². The smallest absolute Gasteiger partial charge is 0.297 e. The van der Waals surface area contributed by atoms with Gasteiger partial charge in [0, 0.05) is 6.07 Å². The summed E-state index contributed by atoms with van der Waals surface area (Å²) >= 11 is 5.52. The van der Waals surface area contributed by atoms with Crippen molar-refractivity contribution in [3.8, 4) is 5.69 Å². The van der Waals surface area contributed by atoms with E-state index >= 15 is 0 Å². The average Bonchev–Trinajstić information content (AvgIpc) is 2.21. The molecular weight excluding hydrogens is 247 g/mol. The molecule has 6 heteroatoms. The molecule has 0 spiro atoms. The molecular formula is C11H8ClFN2O2. The van der Waals surface area contributed by atoms with E-state index in [4.69, 9.17) is 11.6 Å². The normalized spacial score (nSPS) is 10.5. The van der Waals surface area contributed by atoms with E-state index in [0.29, 0.717) is 5.56 Å². The van der Waals surface area contributed by atoms with E-state index in [9.17, 15) is 14.0 Å². The van der Waals surface area contributed by atoms with Crippen LogP contribution in [0, 0.1) is 12.7 Å². The van der Waals surface area contributed by atoms with Crippen LogP contribution in [-0.2, 0) is 0 Å². The first-order valence-electron chi connectivity index (χ1n) is 4.77. The molecule has 0 bridgehead atoms. The van der Waals surface area contributed by atoms with Crippen molar-refractivity contribution in [2.24, 2.45) is 0 Å². The molecule has 0 aliphatic rings. The maximum absolute atomic E-state index is 13.4. The Kier molecular flexibility index (Phi) is 2.85. The second-order valence-electron chi connectivity index (χ2n) is 3.53. The number of nitrogens with one attached hydrogen (secondary N) is 1. The van der Waals surface area contributed by atoms with Gasteiger partial charge in [-0.15, -0.1) is 0 Å². The van der Waals surface area contributed by atoms with Gasteiger partial charge in [0.1, 0.15) is 11.0 Å². The molecule has 0 saturated heterocycles. The zero-order valence-corrected chi connectivity index (χ0v) is 9.58. The van der Waals surface area contributed by atoms with Gasteiger partial charge >= 0.3 is 5.69 Å². The van der Waals surface area contributed by atoms with Crippen LogP contribution >= 0.6 is 11.6 Å². The molecule has 0 radical (unpaired) electrons. The van der Waals surface area contributed by atoms with Gasteiger partial charge in [-0.3, -0.25) is 9.78 Å². The number of benzene rings is 1. The molecule has 0 unspecified atom stereocenters. The van der Waals surface area contributed by atoms with Crippen LogP contribution in [0.15, 0.2) is 33.9 Å². The minimum absolute atomic E-state index is 0.0520. The SMILES string of the molecule is Cc1ccc(-n2c(=O)cc(Cl)[nH]c2=O)cc1F. The van der Waals surface area contributed by atoms with Crippen LogP contribution in [0.3, 0.4) is 0 Å². The van der Waals surface area contributed by atoms with Crippen LogP contribution < -0.4 is 11.2 Å². The Morgan fingerprint density at radius 1 is 1.29 bits per heavy atom. The van der Waals surface area contributed by atoms with Crippen molar-refractivity contribution in [2.75, 3.05) is 0 Å². The predicted molar refractivity (Wildman–Crippen MR) is 62.4 cm³/mol. The van der Waals surface area contributed by atoms with E-state index in [1.165, 1.54) is 12.1 Å². The van der Waals surface area contributed by atoms with Crippen molar-refractivity contribution in [2.45, 2.75) is 6.92 Å². The molecule has 1 aromatic carbocycles. The van der Waals surface area contributed by atoms with Gasteiger partial charge in [-0.1, -0.05) is 17.7 Å². The number of halogens is 2. The molecule has 0 amide bonds. The van der Waals surface area contributed by atoms with Gasteiger partial charge in [0.2, 0.25) is 0 Å². The van der Waals surface area contributed by atoms with Gasteiger partial charge < -0.3 is 0 Å². The zero-order chi connectivity index (χ0) is 12.6. The Morgan fingerprint density at radius 2 is 2.00 bits per heavy atom. The molecule has 2 aromatic rings. The molecule has 1 heterocycles. The molecule has 1 aromatic heterocycles. The molecule has 0 atom stereocenters. The Balaban J connectivity index is 2.73. The molecule has 0 saturated carbocycles. The third-order valence-corrected chi connectivity index (χ3v) is 2.52. The van der Waals surface area contributed by atoms with Crippen LogP contribution in [0.4, 0.5) is 4.39 Å². The van der Waals surface area contributed by atoms with Gasteiger partial charge in [-0.2, -0.15) is 0 Å². The summed E-state index contributed by atoms with van der Waals surface area (Å²) in [5.74, 6) is -0.483. The fourth-order valence-electron chi connectivity index (χ4n) is 1.43. The summed E-state index contributed by atoms with van der Waals surface area (Å²) in [6.07, 6.45) is 0. The number of H-pyrrole nitrogens is 1. The first-order chi connectivity index (χ1) is 7.99. The van der Waals surface area contributed by atoms with Crippen molar-refractivity contribution < 1.29 is 4.39 Å². The number of rotatable bonds is 1. The minimum atomic E-state index is -0.703. The molecule has 1 N–H and O–H groups in total. The largest absolute Gasteiger partial charge is 0.334 e. The number of aromatic amines is 1. The molecule has 0 aliphatic heterocycles. The zero-order valence-electron chi connectivity index (χ0n) is 8.83. The Labute approximate surface area is 100 Å². The lowest BCUT2D eigenvalue weighted by Gasteiger charge is -2.05. The summed E-state index contributed by atoms with van der Waals surface area (Å²) in [6.45, 7) is 1.59. The highest BCUT2D eigenvalue weighted by Gasteiger charge is 2.07. The van der Waals surface area contributed by atoms with Crippen LogP contribution in [0.1, 0.15) is 5.56 Å². The van der Waals surface area contributed by atoms with Crippen LogP contribution in [0.25, 0.3) is 5.69 Å². The molecule has 0 fully saturated rings. The first kappa shape index (κ1) is 11.6. The van der Waals surface area contributed by atoms with Gasteiger partial charge in [-0.05, 0) is 24.6 Å². The first-order valence-corrected chi connectivity index (χ1v) is 5.15. The fraction of sp³-hybridized carbons (Fsp3) is 0.0909. The van der Waals surface area contributed by atoms with Gasteiger partial charge in [0.05, 0.1) is 5.69 Å². The minimum Gasteiger partial charge on any atom is -0.297 e. The van der Waals surface area contributed by atoms with E-state index in [-0.39, 0.29) is 10.8 Å². The molecule has 88 valence electrons. The molecule has 2 rings (SSSR count). The third kappa shape index (κ3) is 2.14. The fourth-order valence-corrected chi connectivity index (χ4v) is 1.61. The Morgan fingerprint density at radius 3 is 2.59 bits per heavy atom. The van der Waals surface area contributed by atoms with E-state index in [1.54, 1.807) is 6.92 Å². The summed E-state index contributed by atoms with van der Waals surface area (Å²) in [5.41, 5.74) is -0.712. The van der Waals surface area contributed by atoms with E-state index in [2.05, 4.69) is 4.98 Å². The summed E-state index contributed by atoms with van der Waals surface area (Å²) in [7, 11) is 0. The highest BCUT2D eigenvalue weighted by atomic mass is 35.5. The second kappa shape index (κ2) is 4.18. The summed E-state index contributed by atoms with van der Waals surface area (Å²) in [6, 6.07) is 5.16. The predicted octanol–water partition coefficient (Wildman–Crippen LogP) is 1.63. The maximum Gasteiger partial charge on any atom is 0.334 e. The third-order valence-electron chi connectivity index (χ3n) is 2.31. The van der Waals surface area contributed by atoms with Crippen molar-refractivity contribution in [3.63, 3.8) is 0 Å². The van der Waals surface area contributed by atoms with E-state index < -0.39 is 17.1 Å². The van der Waals surface area contributed by atoms with Crippen molar-refractivity contribution in [1.82, 2.24) is 9.55 Å². The number of hydrogen-bond acceptors (Lipinski definition) is 2. The second-order valence-corrected chi connectivity index (χ2v) is 3.94.